The van der Waals surface area contributed by atoms with Crippen LogP contribution in [0.2, 0.25) is 0 Å². The number of hydrogen-bond donors (Lipinski definition) is 0. The number of likely N-dealkylation sites (tertiary alicyclic amines) is 1. The van der Waals surface area contributed by atoms with Crippen molar-refractivity contribution in [1.82, 2.24) is 9.80 Å². The van der Waals surface area contributed by atoms with Gasteiger partial charge < -0.3 is 9.69 Å². The van der Waals surface area contributed by atoms with Gasteiger partial charge in [-0.05, 0) is 13.3 Å². The molecule has 0 bridgehead atoms. The Morgan fingerprint density at radius 1 is 1.24 bits per heavy atom. The van der Waals surface area contributed by atoms with Crippen molar-refractivity contribution in [3.8, 4) is 0 Å². The number of hydrogen-bond acceptors (Lipinski definition) is 4. The number of benzene rings is 2. The summed E-state index contributed by atoms with van der Waals surface area (Å²) in [7, 11) is 0. The molecule has 0 aromatic heterocycles. The summed E-state index contributed by atoms with van der Waals surface area (Å²) in [6.07, 6.45) is 2.72. The van der Waals surface area contributed by atoms with E-state index >= 15 is 0 Å². The number of nitrogens with zero attached hydrogens (tertiary/aromatic N) is 2. The van der Waals surface area contributed by atoms with E-state index in [1.807, 2.05) is 12.1 Å². The number of amides is 1. The molecular weight excluding hydrogens is 893 g/mol. The van der Waals surface area contributed by atoms with E-state index in [1.54, 1.807) is 18.2 Å². The first-order valence-corrected chi connectivity index (χ1v) is 14.4. The molecule has 4 rings (SSSR count). The molecule has 2 heterocycles. The summed E-state index contributed by atoms with van der Waals surface area (Å²) >= 11 is -0.233. The Labute approximate surface area is 257 Å². The van der Waals surface area contributed by atoms with Crippen LogP contribution in [0, 0.1) is 50.0 Å². The molecular formula is C28H31F2N2O3TlU. The molecule has 2 aromatic rings. The Balaban J connectivity index is 0.000000253. The van der Waals surface area contributed by atoms with Gasteiger partial charge in [-0.3, -0.25) is 9.59 Å². The zero-order valence-corrected chi connectivity index (χ0v) is 29.7. The molecule has 1 saturated heterocycles. The first kappa shape index (κ1) is 32.1. The van der Waals surface area contributed by atoms with Crippen LogP contribution < -0.4 is 0 Å². The standard InChI is InChI=1S/C14H17F2N.C14H14NO3.Tl.U/c1-11-2-4-12(5-3-11)10-17-8-6-13(7-9-17)14(15)16;1-10(17)13(7-4-8-16)15-9-11-5-2-3-6-12(11)14(15)18;;/h2-5,13H,1,6-10H2;2-3,6,8,13H,4,7,9H2,1H3;;/q2*-1;;+2/t;13-;;/m.0../s1. The van der Waals surface area contributed by atoms with Gasteiger partial charge in [0.25, 0.3) is 0 Å². The van der Waals surface area contributed by atoms with Gasteiger partial charge in [-0.25, -0.2) is 0 Å². The molecule has 37 heavy (non-hydrogen) atoms. The maximum absolute atomic E-state index is 13.3. The van der Waals surface area contributed by atoms with Gasteiger partial charge in [0.15, 0.2) is 11.7 Å². The largest absolute Gasteiger partial charge is 2.00 e. The Kier molecular flexibility index (Phi) is 12.9. The number of carbonyl (C=O) groups is 3. The first-order valence-electron chi connectivity index (χ1n) is 12.1. The van der Waals surface area contributed by atoms with Crippen LogP contribution in [0.4, 0.5) is 8.78 Å². The number of halogens is 2. The summed E-state index contributed by atoms with van der Waals surface area (Å²) in [5.74, 6) is -0.605. The van der Waals surface area contributed by atoms with Crippen LogP contribution >= 0.6 is 0 Å². The fraction of sp³-hybridized carbons (Fsp3) is 0.429. The Morgan fingerprint density at radius 2 is 1.89 bits per heavy atom. The number of carbonyl (C=O) groups excluding carboxylic acids is 3. The number of alkyl halides is 2. The predicted molar refractivity (Wildman–Crippen MR) is 135 cm³/mol. The molecule has 1 atom stereocenters. The summed E-state index contributed by atoms with van der Waals surface area (Å²) < 4.78 is 24.2. The third kappa shape index (κ3) is 9.26. The van der Waals surface area contributed by atoms with Gasteiger partial charge in [0.1, 0.15) is 6.29 Å². The molecule has 2 aliphatic heterocycles. The van der Waals surface area contributed by atoms with Crippen LogP contribution in [0.1, 0.15) is 59.7 Å². The van der Waals surface area contributed by atoms with Crippen LogP contribution in [0.15, 0.2) is 42.5 Å². The smallest absolute Gasteiger partial charge is 2.00 e. The van der Waals surface area contributed by atoms with Crippen molar-refractivity contribution in [3.63, 3.8) is 0 Å². The molecule has 0 radical (unpaired) electrons. The van der Waals surface area contributed by atoms with Crippen molar-refractivity contribution in [1.29, 1.82) is 0 Å². The van der Waals surface area contributed by atoms with Gasteiger partial charge in [0.2, 0.25) is 0 Å². The van der Waals surface area contributed by atoms with Crippen LogP contribution in [0.3, 0.4) is 0 Å². The molecule has 1 amide bonds. The minimum atomic E-state index is -2.36. The van der Waals surface area contributed by atoms with Crippen molar-refractivity contribution in [2.24, 2.45) is 5.92 Å². The average Bonchev–Trinajstić information content (AvgIpc) is 3.17. The molecule has 0 spiro atoms. The topological polar surface area (TPSA) is 57.7 Å². The normalized spacial score (nSPS) is 16.7. The molecule has 5 nitrogen and oxygen atoms in total. The maximum atomic E-state index is 13.3. The van der Waals surface area contributed by atoms with E-state index < -0.39 is 9.52 Å². The summed E-state index contributed by atoms with van der Waals surface area (Å²) in [6, 6.07) is 15.9. The minimum Gasteiger partial charge on any atom is 2.00 e. The zero-order chi connectivity index (χ0) is 26.3. The number of piperidine rings is 1. The summed E-state index contributed by atoms with van der Waals surface area (Å²) in [5.41, 5.74) is 3.67. The molecule has 192 valence electrons. The van der Waals surface area contributed by atoms with Crippen molar-refractivity contribution in [3.05, 3.63) is 77.7 Å². The van der Waals surface area contributed by atoms with Gasteiger partial charge in [-0.2, -0.15) is 24.3 Å². The second kappa shape index (κ2) is 14.9. The van der Waals surface area contributed by atoms with E-state index in [4.69, 9.17) is 0 Å². The average molecular weight is 924 g/mol. The second-order valence-electron chi connectivity index (χ2n) is 9.41. The predicted octanol–water partition coefficient (Wildman–Crippen LogP) is 4.22. The van der Waals surface area contributed by atoms with Crippen LogP contribution in [-0.4, -0.2) is 76.2 Å². The molecule has 0 saturated carbocycles. The molecule has 0 unspecified atom stereocenters. The maximum Gasteiger partial charge on any atom is 2.00 e. The van der Waals surface area contributed by atoms with Crippen molar-refractivity contribution >= 4 is 43.7 Å². The number of rotatable bonds is 8. The molecule has 2 aliphatic rings. The third-order valence-corrected chi connectivity index (χ3v) is 8.56. The van der Waals surface area contributed by atoms with E-state index in [9.17, 15) is 23.2 Å². The summed E-state index contributed by atoms with van der Waals surface area (Å²) in [4.78, 5) is 38.0. The van der Waals surface area contributed by atoms with E-state index in [1.165, 1.54) is 17.4 Å². The van der Waals surface area contributed by atoms with E-state index in [0.29, 0.717) is 31.4 Å². The minimum absolute atomic E-state index is 0. The number of ketones is 1. The molecule has 2 aromatic carbocycles. The first-order chi connectivity index (χ1) is 17.1. The van der Waals surface area contributed by atoms with Gasteiger partial charge in [-0.15, -0.1) is 5.56 Å². The van der Waals surface area contributed by atoms with Gasteiger partial charge >= 0.3 is 155 Å². The van der Waals surface area contributed by atoms with Gasteiger partial charge in [-0.1, -0.05) is 5.56 Å². The van der Waals surface area contributed by atoms with Crippen molar-refractivity contribution in [2.45, 2.75) is 55.2 Å². The number of fused-ring (bicyclic) bond motifs is 1. The van der Waals surface area contributed by atoms with Gasteiger partial charge in [0, 0.05) is 13.0 Å². The Morgan fingerprint density at radius 3 is 2.43 bits per heavy atom. The summed E-state index contributed by atoms with van der Waals surface area (Å²) in [6.45, 7) is 8.15. The zero-order valence-electron chi connectivity index (χ0n) is 21.1. The Bertz CT molecular complexity index is 1050. The SMILES string of the molecule is CC(=O)[C@H](CCC=O)N1Cc2[c-]cccc2C1=O.[CH2-]c1ccc(CN2CCC([C](F)(F)[Tl])CC2)cc1.[U+2]. The van der Waals surface area contributed by atoms with Crippen molar-refractivity contribution in [2.75, 3.05) is 13.1 Å². The summed E-state index contributed by atoms with van der Waals surface area (Å²) in [5, 5.41) is 0. The fourth-order valence-corrected chi connectivity index (χ4v) is 5.93. The second-order valence-corrected chi connectivity index (χ2v) is 12.4. The molecule has 0 N–H and O–H groups in total. The fourth-order valence-electron chi connectivity index (χ4n) is 4.63. The number of aldehydes is 1. The van der Waals surface area contributed by atoms with Crippen LogP contribution in [0.25, 0.3) is 0 Å². The Hall–Kier alpha value is -1.09. The monoisotopic (exact) mass is 924 g/mol. The van der Waals surface area contributed by atoms with E-state index in [2.05, 4.69) is 30.0 Å². The van der Waals surface area contributed by atoms with Gasteiger partial charge in [0.05, 0.1) is 6.04 Å². The van der Waals surface area contributed by atoms with Crippen LogP contribution in [-0.2, 0) is 22.7 Å². The van der Waals surface area contributed by atoms with E-state index in [-0.39, 0.29) is 80.9 Å². The van der Waals surface area contributed by atoms with E-state index in [0.717, 1.165) is 37.0 Å². The molecule has 0 aliphatic carbocycles. The third-order valence-electron chi connectivity index (χ3n) is 6.73. The van der Waals surface area contributed by atoms with Crippen molar-refractivity contribution < 1.29 is 54.3 Å². The van der Waals surface area contributed by atoms with Crippen LogP contribution in [0.5, 0.6) is 0 Å². The quantitative estimate of drug-likeness (QED) is 0.227. The molecule has 1 fully saturated rings. The number of Topliss-reactive ketones (excluding diaryl/α,β-unsaturated/α-hetero) is 1. The molecule has 9 heteroatoms.